The van der Waals surface area contributed by atoms with Gasteiger partial charge in [-0.15, -0.1) is 0 Å². The van der Waals surface area contributed by atoms with Gasteiger partial charge in [-0.05, 0) is 29.3 Å². The van der Waals surface area contributed by atoms with Crippen LogP contribution in [0, 0.1) is 0 Å². The number of nitrogen functional groups attached to an aromatic ring is 1. The molecule has 2 N–H and O–H groups in total. The van der Waals surface area contributed by atoms with Crippen LogP contribution in [0.5, 0.6) is 5.75 Å². The smallest absolute Gasteiger partial charge is 0.118 e. The number of benzene rings is 2. The van der Waals surface area contributed by atoms with Gasteiger partial charge in [-0.1, -0.05) is 42.5 Å². The van der Waals surface area contributed by atoms with Gasteiger partial charge in [0.15, 0.2) is 0 Å². The largest absolute Gasteiger partial charge is 0.497 e. The van der Waals surface area contributed by atoms with E-state index in [4.69, 9.17) is 15.5 Å². The molecule has 0 atom stereocenters. The molecule has 0 unspecified atom stereocenters. The maximum Gasteiger partial charge on any atom is 0.118 e. The van der Waals surface area contributed by atoms with Crippen molar-refractivity contribution in [2.45, 2.75) is 19.6 Å². The highest BCUT2D eigenvalue weighted by atomic mass is 16.5. The second kappa shape index (κ2) is 6.57. The number of hydrogen-bond donors (Lipinski definition) is 1. The van der Waals surface area contributed by atoms with E-state index >= 15 is 0 Å². The lowest BCUT2D eigenvalue weighted by molar-refractivity contribution is 0.274. The van der Waals surface area contributed by atoms with E-state index in [9.17, 15) is 0 Å². The fourth-order valence-electron chi connectivity index (χ4n) is 3.32. The van der Waals surface area contributed by atoms with Crippen molar-refractivity contribution in [3.63, 3.8) is 0 Å². The molecule has 3 aromatic rings. The maximum atomic E-state index is 6.26. The Morgan fingerprint density at radius 1 is 1.04 bits per heavy atom. The summed E-state index contributed by atoms with van der Waals surface area (Å²) in [6, 6.07) is 20.4. The number of fused-ring (bicyclic) bond motifs is 1. The Bertz CT molecular complexity index is 876. The van der Waals surface area contributed by atoms with Crippen molar-refractivity contribution in [2.75, 3.05) is 12.8 Å². The summed E-state index contributed by atoms with van der Waals surface area (Å²) in [7, 11) is 1.69. The molecule has 0 fully saturated rings. The molecule has 1 aliphatic rings. The zero-order chi connectivity index (χ0) is 17.2. The third-order valence-corrected chi connectivity index (χ3v) is 4.60. The number of anilines is 1. The van der Waals surface area contributed by atoms with Crippen LogP contribution in [-0.2, 0) is 19.6 Å². The Labute approximate surface area is 147 Å². The van der Waals surface area contributed by atoms with E-state index in [1.54, 1.807) is 7.11 Å². The number of nitrogens with two attached hydrogens (primary N) is 1. The fraction of sp³-hybridized carbons (Fsp3) is 0.190. The van der Waals surface area contributed by atoms with E-state index in [2.05, 4.69) is 35.2 Å². The predicted molar refractivity (Wildman–Crippen MR) is 100 cm³/mol. The molecule has 0 aliphatic carbocycles. The normalized spacial score (nSPS) is 13.6. The number of hydrogen-bond acceptors (Lipinski definition) is 4. The van der Waals surface area contributed by atoms with Crippen molar-refractivity contribution in [3.8, 4) is 17.0 Å². The van der Waals surface area contributed by atoms with Crippen LogP contribution in [0.25, 0.3) is 11.3 Å². The second-order valence-corrected chi connectivity index (χ2v) is 6.39. The van der Waals surface area contributed by atoms with Gasteiger partial charge in [0.1, 0.15) is 5.75 Å². The first-order valence-electron chi connectivity index (χ1n) is 8.42. The highest BCUT2D eigenvalue weighted by molar-refractivity contribution is 5.73. The summed E-state index contributed by atoms with van der Waals surface area (Å²) >= 11 is 0. The van der Waals surface area contributed by atoms with E-state index in [1.807, 2.05) is 30.3 Å². The minimum atomic E-state index is 0.747. The molecule has 1 aliphatic heterocycles. The molecule has 2 aromatic carbocycles. The van der Waals surface area contributed by atoms with Crippen molar-refractivity contribution >= 4 is 5.69 Å². The van der Waals surface area contributed by atoms with Crippen molar-refractivity contribution < 1.29 is 4.74 Å². The van der Waals surface area contributed by atoms with Crippen LogP contribution in [0.3, 0.4) is 0 Å². The molecule has 2 heterocycles. The van der Waals surface area contributed by atoms with Gasteiger partial charge in [-0.2, -0.15) is 0 Å². The van der Waals surface area contributed by atoms with Crippen LogP contribution >= 0.6 is 0 Å². The summed E-state index contributed by atoms with van der Waals surface area (Å²) in [4.78, 5) is 7.24. The molecule has 0 saturated heterocycles. The Morgan fingerprint density at radius 2 is 1.80 bits per heavy atom. The van der Waals surface area contributed by atoms with Crippen molar-refractivity contribution in [3.05, 3.63) is 77.5 Å². The van der Waals surface area contributed by atoms with Gasteiger partial charge in [0.25, 0.3) is 0 Å². The summed E-state index contributed by atoms with van der Waals surface area (Å²) in [5.41, 5.74) is 12.6. The number of ether oxygens (including phenoxy) is 1. The highest BCUT2D eigenvalue weighted by Crippen LogP contribution is 2.31. The quantitative estimate of drug-likeness (QED) is 0.789. The molecule has 0 spiro atoms. The van der Waals surface area contributed by atoms with Crippen LogP contribution in [-0.4, -0.2) is 17.0 Å². The number of aromatic nitrogens is 1. The van der Waals surface area contributed by atoms with Crippen molar-refractivity contribution in [1.82, 2.24) is 9.88 Å². The van der Waals surface area contributed by atoms with Crippen molar-refractivity contribution in [2.24, 2.45) is 0 Å². The van der Waals surface area contributed by atoms with Gasteiger partial charge in [0.05, 0.1) is 24.2 Å². The van der Waals surface area contributed by atoms with E-state index in [-0.39, 0.29) is 0 Å². The van der Waals surface area contributed by atoms with Crippen LogP contribution in [0.15, 0.2) is 60.7 Å². The zero-order valence-corrected chi connectivity index (χ0v) is 14.3. The zero-order valence-electron chi connectivity index (χ0n) is 14.3. The molecule has 4 rings (SSSR count). The lowest BCUT2D eigenvalue weighted by atomic mass is 10.1. The molecule has 0 saturated carbocycles. The average Bonchev–Trinajstić information content (AvgIpc) is 3.03. The Morgan fingerprint density at radius 3 is 2.52 bits per heavy atom. The SMILES string of the molecule is COc1ccc(CN2Cc3cc(N)c(-c4ccccc4)nc3C2)cc1. The predicted octanol–water partition coefficient (Wildman–Crippen LogP) is 3.86. The van der Waals surface area contributed by atoms with Gasteiger partial charge < -0.3 is 10.5 Å². The summed E-state index contributed by atoms with van der Waals surface area (Å²) in [5, 5.41) is 0. The fourth-order valence-corrected chi connectivity index (χ4v) is 3.32. The monoisotopic (exact) mass is 331 g/mol. The maximum absolute atomic E-state index is 6.26. The molecule has 0 amide bonds. The third-order valence-electron chi connectivity index (χ3n) is 4.60. The highest BCUT2D eigenvalue weighted by Gasteiger charge is 2.22. The standard InChI is InChI=1S/C21H21N3O/c1-25-18-9-7-15(8-10-18)12-24-13-17-11-19(22)21(23-20(17)14-24)16-5-3-2-4-6-16/h2-11H,12-14,22H2,1H3. The van der Waals surface area contributed by atoms with Crippen molar-refractivity contribution in [1.29, 1.82) is 0 Å². The molecular weight excluding hydrogens is 310 g/mol. The first-order chi connectivity index (χ1) is 12.2. The van der Waals surface area contributed by atoms with Gasteiger partial charge >= 0.3 is 0 Å². The minimum absolute atomic E-state index is 0.747. The minimum Gasteiger partial charge on any atom is -0.497 e. The molecule has 25 heavy (non-hydrogen) atoms. The van der Waals surface area contributed by atoms with Crippen LogP contribution < -0.4 is 10.5 Å². The van der Waals surface area contributed by atoms with Crippen LogP contribution in [0.1, 0.15) is 16.8 Å². The first-order valence-corrected chi connectivity index (χ1v) is 8.42. The lowest BCUT2D eigenvalue weighted by Gasteiger charge is -2.14. The molecule has 4 heteroatoms. The van der Waals surface area contributed by atoms with E-state index < -0.39 is 0 Å². The van der Waals surface area contributed by atoms with Gasteiger partial charge in [0, 0.05) is 25.2 Å². The average molecular weight is 331 g/mol. The van der Waals surface area contributed by atoms with Crippen LogP contribution in [0.4, 0.5) is 5.69 Å². The first kappa shape index (κ1) is 15.7. The summed E-state index contributed by atoms with van der Waals surface area (Å²) in [6.45, 7) is 2.62. The van der Waals surface area contributed by atoms with E-state index in [1.165, 1.54) is 11.1 Å². The van der Waals surface area contributed by atoms with Gasteiger partial charge in [0.2, 0.25) is 0 Å². The third kappa shape index (κ3) is 3.21. The number of rotatable bonds is 4. The number of pyridine rings is 1. The van der Waals surface area contributed by atoms with Gasteiger partial charge in [-0.3, -0.25) is 4.90 Å². The Balaban J connectivity index is 1.54. The summed E-state index contributed by atoms with van der Waals surface area (Å²) < 4.78 is 5.22. The molecule has 126 valence electrons. The number of nitrogens with zero attached hydrogens (tertiary/aromatic N) is 2. The molecule has 0 bridgehead atoms. The second-order valence-electron chi connectivity index (χ2n) is 6.39. The summed E-state index contributed by atoms with van der Waals surface area (Å²) in [5.74, 6) is 0.885. The molecular formula is C21H21N3O. The lowest BCUT2D eigenvalue weighted by Crippen LogP contribution is -2.15. The van der Waals surface area contributed by atoms with Gasteiger partial charge in [-0.25, -0.2) is 4.98 Å². The van der Waals surface area contributed by atoms with E-state index in [0.717, 1.165) is 48.0 Å². The summed E-state index contributed by atoms with van der Waals surface area (Å²) in [6.07, 6.45) is 0. The molecule has 1 aromatic heterocycles. The topological polar surface area (TPSA) is 51.4 Å². The Kier molecular flexibility index (Phi) is 4.12. The van der Waals surface area contributed by atoms with Crippen LogP contribution in [0.2, 0.25) is 0 Å². The molecule has 4 nitrogen and oxygen atoms in total. The Hall–Kier alpha value is -2.85. The number of methoxy groups -OCH3 is 1. The molecule has 0 radical (unpaired) electrons. The van der Waals surface area contributed by atoms with E-state index in [0.29, 0.717) is 0 Å².